The lowest BCUT2D eigenvalue weighted by Gasteiger charge is -2.23. The lowest BCUT2D eigenvalue weighted by Crippen LogP contribution is -2.46. The first kappa shape index (κ1) is 80.7. The van der Waals surface area contributed by atoms with E-state index in [9.17, 15) is 74.0 Å². The molecule has 0 radical (unpaired) electrons. The number of nitrogens with one attached hydrogen (secondary N) is 4. The third-order valence-corrected chi connectivity index (χ3v) is 11.9. The SMILES string of the molecule is CC(C)(C)OC(=O)N[C@@H](Cc1ccc([N+](=O)[O-])cc1)C(=O)C=[N+]=[N-].CC(C)(C)OC(=O)N[C@@H](Cc1ccc([N+](=O)[O-])cc1)C(=O)C=[N+]=[N-].CC(C)(C)OC(=O)N[C@@H](Cc1ccc([N+](=O)[O-])cc1)C(=O)CBr.CC(C)(C)OC(=O)N[C@@H](Cc1ccc([N+](=O)[O-])cc1)C(N)=S. The highest BCUT2D eigenvalue weighted by atomic mass is 79.9. The van der Waals surface area contributed by atoms with Crippen LogP contribution in [0, 0.1) is 40.5 Å². The van der Waals surface area contributed by atoms with Crippen molar-refractivity contribution in [3.63, 3.8) is 0 Å². The van der Waals surface area contributed by atoms with Crippen LogP contribution in [0.4, 0.5) is 41.9 Å². The maximum Gasteiger partial charge on any atom is 0.408 e. The highest BCUT2D eigenvalue weighted by Gasteiger charge is 2.29. The minimum Gasteiger partial charge on any atom is -0.444 e. The minimum atomic E-state index is -1.03. The number of ketones is 3. The van der Waals surface area contributed by atoms with Crippen molar-refractivity contribution in [3.8, 4) is 0 Å². The smallest absolute Gasteiger partial charge is 0.408 e. The van der Waals surface area contributed by atoms with E-state index < -0.39 is 102 Å². The zero-order valence-electron chi connectivity index (χ0n) is 52.9. The van der Waals surface area contributed by atoms with Crippen molar-refractivity contribution in [2.45, 2.75) is 155 Å². The quantitative estimate of drug-likeness (QED) is 0.00675. The summed E-state index contributed by atoms with van der Waals surface area (Å²) in [7, 11) is 0. The van der Waals surface area contributed by atoms with Gasteiger partial charge in [-0.05, 0) is 118 Å². The summed E-state index contributed by atoms with van der Waals surface area (Å²) in [6.45, 7) is 20.5. The van der Waals surface area contributed by atoms with E-state index in [1.54, 1.807) is 107 Å². The maximum absolute atomic E-state index is 12.0. The van der Waals surface area contributed by atoms with Gasteiger partial charge in [-0.25, -0.2) is 19.2 Å². The van der Waals surface area contributed by atoms with Gasteiger partial charge in [0.25, 0.3) is 34.3 Å². The van der Waals surface area contributed by atoms with Gasteiger partial charge in [-0.15, -0.1) is 0 Å². The number of nitro benzene ring substituents is 4. The first-order chi connectivity index (χ1) is 42.9. The lowest BCUT2D eigenvalue weighted by atomic mass is 10.0. The molecule has 4 amide bonds. The van der Waals surface area contributed by atoms with Crippen molar-refractivity contribution < 1.29 is 81.8 Å². The Kier molecular flexibility index (Phi) is 32.8. The van der Waals surface area contributed by atoms with Crippen LogP contribution in [0.2, 0.25) is 0 Å². The van der Waals surface area contributed by atoms with Crippen LogP contribution in [0.3, 0.4) is 0 Å². The Morgan fingerprint density at radius 2 is 0.656 bits per heavy atom. The highest BCUT2D eigenvalue weighted by molar-refractivity contribution is 9.09. The van der Waals surface area contributed by atoms with E-state index in [-0.39, 0.29) is 58.1 Å². The number of nitro groups is 4. The number of alkyl carbamates (subject to hydrolysis) is 4. The van der Waals surface area contributed by atoms with Crippen molar-refractivity contribution in [1.29, 1.82) is 0 Å². The van der Waals surface area contributed by atoms with Crippen molar-refractivity contribution in [2.75, 3.05) is 5.33 Å². The molecule has 0 heterocycles. The number of benzene rings is 4. The molecule has 0 aliphatic carbocycles. The Morgan fingerprint density at radius 1 is 0.452 bits per heavy atom. The second-order valence-corrected chi connectivity index (χ2v) is 24.6. The number of hydrogen-bond donors (Lipinski definition) is 5. The first-order valence-electron chi connectivity index (χ1n) is 27.7. The average Bonchev–Trinajstić information content (AvgIpc) is 1.01. The number of nitrogens with zero attached hydrogens (tertiary/aromatic N) is 8. The number of thiocarbonyl (C=S) groups is 1. The van der Waals surface area contributed by atoms with E-state index in [0.717, 1.165) is 5.56 Å². The molecular weight excluding hydrogens is 1310 g/mol. The molecule has 0 saturated carbocycles. The monoisotopic (exact) mass is 1380 g/mol. The van der Waals surface area contributed by atoms with Gasteiger partial charge in [-0.1, -0.05) is 76.7 Å². The molecule has 4 rings (SSSR count). The van der Waals surface area contributed by atoms with Crippen LogP contribution in [0.5, 0.6) is 0 Å². The van der Waals surface area contributed by atoms with Crippen LogP contribution < -0.4 is 27.0 Å². The minimum absolute atomic E-state index is 0.00396. The van der Waals surface area contributed by atoms with Crippen LogP contribution in [0.15, 0.2) is 97.1 Å². The number of non-ortho nitro benzene ring substituents is 4. The third-order valence-electron chi connectivity index (χ3n) is 11.0. The summed E-state index contributed by atoms with van der Waals surface area (Å²) in [4.78, 5) is 129. The molecular formula is C59H74BrN13O19S. The summed E-state index contributed by atoms with van der Waals surface area (Å²) < 4.78 is 20.5. The zero-order chi connectivity index (χ0) is 71.2. The lowest BCUT2D eigenvalue weighted by molar-refractivity contribution is -0.385. The van der Waals surface area contributed by atoms with Crippen molar-refractivity contribution in [3.05, 3.63) is 171 Å². The molecule has 4 aromatic carbocycles. The number of nitrogens with two attached hydrogens (primary N) is 1. The van der Waals surface area contributed by atoms with Crippen molar-refractivity contribution in [1.82, 2.24) is 21.3 Å². The van der Waals surface area contributed by atoms with Crippen LogP contribution >= 0.6 is 28.1 Å². The summed E-state index contributed by atoms with van der Waals surface area (Å²) in [6, 6.07) is 19.5. The van der Waals surface area contributed by atoms with Gasteiger partial charge in [0.15, 0.2) is 5.78 Å². The Balaban J connectivity index is 0.000000620. The van der Waals surface area contributed by atoms with Gasteiger partial charge in [-0.2, -0.15) is 9.58 Å². The number of alkyl halides is 1. The van der Waals surface area contributed by atoms with Crippen LogP contribution in [0.25, 0.3) is 11.1 Å². The predicted octanol–water partition coefficient (Wildman–Crippen LogP) is 9.11. The van der Waals surface area contributed by atoms with E-state index in [4.69, 9.17) is 48.0 Å². The number of carbonyl (C=O) groups is 7. The van der Waals surface area contributed by atoms with Gasteiger partial charge in [0.1, 0.15) is 34.5 Å². The van der Waals surface area contributed by atoms with E-state index >= 15 is 0 Å². The van der Waals surface area contributed by atoms with Crippen LogP contribution in [0.1, 0.15) is 105 Å². The summed E-state index contributed by atoms with van der Waals surface area (Å²) in [5, 5.41) is 52.5. The zero-order valence-corrected chi connectivity index (χ0v) is 55.3. The molecule has 4 aromatic rings. The molecule has 0 spiro atoms. The van der Waals surface area contributed by atoms with Crippen LogP contribution in [-0.4, -0.2) is 140 Å². The summed E-state index contributed by atoms with van der Waals surface area (Å²) >= 11 is 8.02. The van der Waals surface area contributed by atoms with Crippen molar-refractivity contribution in [2.24, 2.45) is 5.73 Å². The van der Waals surface area contributed by atoms with E-state index in [2.05, 4.69) is 46.8 Å². The maximum atomic E-state index is 12.0. The molecule has 0 bridgehead atoms. The Bertz CT molecular complexity index is 3270. The summed E-state index contributed by atoms with van der Waals surface area (Å²) in [5.74, 6) is -1.49. The van der Waals surface area contributed by atoms with Crippen LogP contribution in [-0.2, 0) is 59.0 Å². The van der Waals surface area contributed by atoms with E-state index in [1.807, 2.05) is 0 Å². The Labute approximate surface area is 548 Å². The second kappa shape index (κ2) is 37.8. The summed E-state index contributed by atoms with van der Waals surface area (Å²) in [6.07, 6.45) is -0.881. The van der Waals surface area contributed by atoms with Gasteiger partial charge >= 0.3 is 36.8 Å². The van der Waals surface area contributed by atoms with E-state index in [0.29, 0.717) is 35.5 Å². The number of hydrogen-bond acceptors (Lipinski definition) is 20. The molecule has 0 aromatic heterocycles. The average molecular weight is 1380 g/mol. The fourth-order valence-electron chi connectivity index (χ4n) is 7.06. The molecule has 34 heteroatoms. The van der Waals surface area contributed by atoms with Crippen molar-refractivity contribution >= 4 is 110 Å². The van der Waals surface area contributed by atoms with Gasteiger partial charge in [0.05, 0.1) is 42.1 Å². The van der Waals surface area contributed by atoms with Gasteiger partial charge < -0.3 is 57.0 Å². The molecule has 0 fully saturated rings. The molecule has 502 valence electrons. The largest absolute Gasteiger partial charge is 0.444 e. The van der Waals surface area contributed by atoms with Gasteiger partial charge in [0.2, 0.25) is 0 Å². The molecule has 0 aliphatic heterocycles. The highest BCUT2D eigenvalue weighted by Crippen LogP contribution is 2.19. The summed E-state index contributed by atoms with van der Waals surface area (Å²) in [5.41, 5.74) is 22.3. The number of Topliss-reactive ketones (excluding diaryl/α,β-unsaturated/α-hetero) is 3. The normalized spacial score (nSPS) is 12.1. The number of carbonyl (C=O) groups excluding carboxylic acids is 7. The molecule has 0 aliphatic rings. The number of ether oxygens (including phenoxy) is 4. The molecule has 93 heavy (non-hydrogen) atoms. The Hall–Kier alpha value is -10.3. The molecule has 4 atom stereocenters. The molecule has 6 N–H and O–H groups in total. The van der Waals surface area contributed by atoms with Gasteiger partial charge in [-0.3, -0.25) is 54.8 Å². The Morgan fingerprint density at radius 3 is 0.849 bits per heavy atom. The molecule has 0 saturated heterocycles. The molecule has 0 unspecified atom stereocenters. The van der Waals surface area contributed by atoms with E-state index in [1.165, 1.54) is 72.8 Å². The predicted molar refractivity (Wildman–Crippen MR) is 345 cm³/mol. The standard InChI is InChI=1S/C15H19BrN2O5.2C15H18N4O5.C14H19N3O4S/c1-15(2,3)23-14(20)17-12(13(19)9-16)8-10-4-6-11(7-5-10)18(21)22;2*1-15(2,3)24-14(21)18-12(13(20)9-17-16)8-10-4-6-11(7-5-10)19(22)23;1-14(2,3)21-13(18)16-11(12(15)22)8-9-4-6-10(7-5-9)17(19)20/h4-7,12H,8-9H2,1-3H3,(H,17,20);2*4-7,9,12H,8H2,1-3H3,(H,18,21);4-7,11H,8H2,1-3H3,(H2,15,22)(H,16,18)/t3*12-;11-/m0000/s1. The number of amides is 4. The third kappa shape index (κ3) is 35.0. The number of rotatable bonds is 23. The van der Waals surface area contributed by atoms with Gasteiger partial charge in [0, 0.05) is 61.4 Å². The number of halogens is 1. The second-order valence-electron chi connectivity index (χ2n) is 23.6. The fraction of sp³-hybridized carbons (Fsp3) is 0.424. The fourth-order valence-corrected chi connectivity index (χ4v) is 7.59. The first-order valence-corrected chi connectivity index (χ1v) is 29.2. The topological polar surface area (TPSA) is 476 Å². The molecule has 32 nitrogen and oxygen atoms in total.